The van der Waals surface area contributed by atoms with Crippen LogP contribution in [0.1, 0.15) is 11.5 Å². The maximum atomic E-state index is 9.78. The molecule has 106 valence electrons. The van der Waals surface area contributed by atoms with E-state index in [0.29, 0.717) is 16.1 Å². The van der Waals surface area contributed by atoms with Crippen molar-refractivity contribution in [1.82, 2.24) is 4.98 Å². The molecule has 0 aliphatic carbocycles. The van der Waals surface area contributed by atoms with E-state index in [9.17, 15) is 5.11 Å². The number of fused-ring (bicyclic) bond motifs is 1. The summed E-state index contributed by atoms with van der Waals surface area (Å²) < 4.78 is 11.3. The van der Waals surface area contributed by atoms with Gasteiger partial charge in [-0.15, -0.1) is 0 Å². The highest BCUT2D eigenvalue weighted by molar-refractivity contribution is 9.10. The molecular formula is C16H12BrNO3. The number of nitrogens with zero attached hydrogens (tertiary/aromatic N) is 1. The summed E-state index contributed by atoms with van der Waals surface area (Å²) in [4.78, 5) is 4.36. The van der Waals surface area contributed by atoms with Crippen LogP contribution in [-0.4, -0.2) is 17.2 Å². The Morgan fingerprint density at radius 3 is 2.81 bits per heavy atom. The molecule has 21 heavy (non-hydrogen) atoms. The number of phenols is 1. The largest absolute Gasteiger partial charge is 0.503 e. The molecule has 0 amide bonds. The minimum absolute atomic E-state index is 0.0801. The molecule has 1 heterocycles. The van der Waals surface area contributed by atoms with Gasteiger partial charge in [0.25, 0.3) is 0 Å². The van der Waals surface area contributed by atoms with Gasteiger partial charge < -0.3 is 14.3 Å². The lowest BCUT2D eigenvalue weighted by Gasteiger charge is -2.06. The molecule has 0 aliphatic rings. The molecule has 4 nitrogen and oxygen atoms in total. The van der Waals surface area contributed by atoms with Gasteiger partial charge in [0.2, 0.25) is 5.89 Å². The van der Waals surface area contributed by atoms with Gasteiger partial charge in [-0.05, 0) is 51.8 Å². The summed E-state index contributed by atoms with van der Waals surface area (Å²) in [5.41, 5.74) is 2.43. The molecule has 0 saturated heterocycles. The lowest BCUT2D eigenvalue weighted by molar-refractivity contribution is 0.372. The Labute approximate surface area is 129 Å². The van der Waals surface area contributed by atoms with E-state index < -0.39 is 0 Å². The van der Waals surface area contributed by atoms with Crippen molar-refractivity contribution in [3.8, 4) is 11.5 Å². The smallest absolute Gasteiger partial charge is 0.220 e. The van der Waals surface area contributed by atoms with Crippen molar-refractivity contribution < 1.29 is 14.3 Å². The molecule has 1 aromatic heterocycles. The highest BCUT2D eigenvalue weighted by Gasteiger charge is 2.07. The van der Waals surface area contributed by atoms with Gasteiger partial charge in [0, 0.05) is 6.08 Å². The zero-order chi connectivity index (χ0) is 14.8. The van der Waals surface area contributed by atoms with Crippen molar-refractivity contribution in [2.45, 2.75) is 0 Å². The number of hydrogen-bond acceptors (Lipinski definition) is 4. The third-order valence-electron chi connectivity index (χ3n) is 3.00. The van der Waals surface area contributed by atoms with Crippen LogP contribution in [0.25, 0.3) is 23.3 Å². The standard InChI is InChI=1S/C16H12BrNO3/c1-20-14-9-10(8-11(17)16(14)19)6-7-15-18-12-4-2-3-5-13(12)21-15/h2-9,19H,1H3/b7-6+. The van der Waals surface area contributed by atoms with Crippen LogP contribution in [0.2, 0.25) is 0 Å². The maximum absolute atomic E-state index is 9.78. The molecule has 1 N–H and O–H groups in total. The topological polar surface area (TPSA) is 55.5 Å². The molecule has 0 fully saturated rings. The normalized spacial score (nSPS) is 11.3. The molecule has 3 aromatic rings. The first kappa shape index (κ1) is 13.7. The fraction of sp³-hybridized carbons (Fsp3) is 0.0625. The highest BCUT2D eigenvalue weighted by Crippen LogP contribution is 2.35. The number of oxazole rings is 1. The second kappa shape index (κ2) is 5.61. The van der Waals surface area contributed by atoms with Crippen LogP contribution in [0.5, 0.6) is 11.5 Å². The van der Waals surface area contributed by atoms with Gasteiger partial charge >= 0.3 is 0 Å². The average Bonchev–Trinajstić information content (AvgIpc) is 2.91. The summed E-state index contributed by atoms with van der Waals surface area (Å²) in [7, 11) is 1.51. The molecule has 0 spiro atoms. The van der Waals surface area contributed by atoms with E-state index in [2.05, 4.69) is 20.9 Å². The van der Waals surface area contributed by atoms with Crippen molar-refractivity contribution >= 4 is 39.2 Å². The number of phenolic OH excluding ortho intramolecular Hbond substituents is 1. The van der Waals surface area contributed by atoms with Crippen molar-refractivity contribution in [1.29, 1.82) is 0 Å². The zero-order valence-corrected chi connectivity index (χ0v) is 12.8. The molecule has 0 saturated carbocycles. The number of methoxy groups -OCH3 is 1. The van der Waals surface area contributed by atoms with Crippen LogP contribution >= 0.6 is 15.9 Å². The quantitative estimate of drug-likeness (QED) is 0.760. The molecule has 0 bridgehead atoms. The van der Waals surface area contributed by atoms with Crippen LogP contribution in [0.4, 0.5) is 0 Å². The fourth-order valence-electron chi connectivity index (χ4n) is 1.97. The second-order valence-corrected chi connectivity index (χ2v) is 5.26. The van der Waals surface area contributed by atoms with Crippen LogP contribution in [-0.2, 0) is 0 Å². The Morgan fingerprint density at radius 2 is 2.05 bits per heavy atom. The van der Waals surface area contributed by atoms with Gasteiger partial charge in [-0.25, -0.2) is 4.98 Å². The molecule has 0 radical (unpaired) electrons. The van der Waals surface area contributed by atoms with E-state index in [4.69, 9.17) is 9.15 Å². The summed E-state index contributed by atoms with van der Waals surface area (Å²) in [6, 6.07) is 11.1. The van der Waals surface area contributed by atoms with E-state index in [1.165, 1.54) is 7.11 Å². The number of ether oxygens (including phenoxy) is 1. The van der Waals surface area contributed by atoms with Crippen LogP contribution < -0.4 is 4.74 Å². The Hall–Kier alpha value is -2.27. The number of aromatic hydroxyl groups is 1. The minimum atomic E-state index is 0.0801. The first-order valence-electron chi connectivity index (χ1n) is 6.27. The van der Waals surface area contributed by atoms with Crippen LogP contribution in [0.15, 0.2) is 45.3 Å². The molecule has 0 aliphatic heterocycles. The lowest BCUT2D eigenvalue weighted by atomic mass is 10.2. The van der Waals surface area contributed by atoms with E-state index >= 15 is 0 Å². The average molecular weight is 346 g/mol. The van der Waals surface area contributed by atoms with Gasteiger partial charge in [0.1, 0.15) is 5.52 Å². The summed E-state index contributed by atoms with van der Waals surface area (Å²) in [6.45, 7) is 0. The molecule has 0 unspecified atom stereocenters. The van der Waals surface area contributed by atoms with Gasteiger partial charge in [-0.3, -0.25) is 0 Å². The number of rotatable bonds is 3. The van der Waals surface area contributed by atoms with Gasteiger partial charge in [-0.2, -0.15) is 0 Å². The third-order valence-corrected chi connectivity index (χ3v) is 3.60. The predicted octanol–water partition coefficient (Wildman–Crippen LogP) is 4.47. The van der Waals surface area contributed by atoms with E-state index in [-0.39, 0.29) is 5.75 Å². The second-order valence-electron chi connectivity index (χ2n) is 4.41. The highest BCUT2D eigenvalue weighted by atomic mass is 79.9. The summed E-state index contributed by atoms with van der Waals surface area (Å²) >= 11 is 3.29. The first-order chi connectivity index (χ1) is 10.2. The fourth-order valence-corrected chi connectivity index (χ4v) is 2.43. The van der Waals surface area contributed by atoms with Crippen molar-refractivity contribution in [2.24, 2.45) is 0 Å². The minimum Gasteiger partial charge on any atom is -0.503 e. The number of halogens is 1. The zero-order valence-electron chi connectivity index (χ0n) is 11.2. The van der Waals surface area contributed by atoms with Gasteiger partial charge in [0.05, 0.1) is 11.6 Å². The molecule has 5 heteroatoms. The number of benzene rings is 2. The molecule has 0 atom stereocenters. The molecular weight excluding hydrogens is 334 g/mol. The van der Waals surface area contributed by atoms with Crippen molar-refractivity contribution in [2.75, 3.05) is 7.11 Å². The maximum Gasteiger partial charge on any atom is 0.220 e. The Bertz CT molecular complexity index is 791. The summed E-state index contributed by atoms with van der Waals surface area (Å²) in [5, 5.41) is 9.78. The summed E-state index contributed by atoms with van der Waals surface area (Å²) in [5.74, 6) is 1.01. The third kappa shape index (κ3) is 2.78. The number of para-hydroxylation sites is 2. The van der Waals surface area contributed by atoms with Gasteiger partial charge in [-0.1, -0.05) is 12.1 Å². The van der Waals surface area contributed by atoms with Crippen LogP contribution in [0, 0.1) is 0 Å². The number of aromatic nitrogens is 1. The Balaban J connectivity index is 1.93. The molecule has 3 rings (SSSR count). The first-order valence-corrected chi connectivity index (χ1v) is 7.07. The Kier molecular flexibility index (Phi) is 3.66. The van der Waals surface area contributed by atoms with E-state index in [1.54, 1.807) is 18.2 Å². The number of hydrogen-bond donors (Lipinski definition) is 1. The predicted molar refractivity (Wildman–Crippen MR) is 85.3 cm³/mol. The van der Waals surface area contributed by atoms with Gasteiger partial charge in [0.15, 0.2) is 17.1 Å². The van der Waals surface area contributed by atoms with E-state index in [0.717, 1.165) is 16.7 Å². The van der Waals surface area contributed by atoms with Crippen molar-refractivity contribution in [3.63, 3.8) is 0 Å². The van der Waals surface area contributed by atoms with Crippen LogP contribution in [0.3, 0.4) is 0 Å². The van der Waals surface area contributed by atoms with E-state index in [1.807, 2.05) is 30.3 Å². The molecule has 2 aromatic carbocycles. The van der Waals surface area contributed by atoms with Crippen molar-refractivity contribution in [3.05, 3.63) is 52.3 Å². The SMILES string of the molecule is COc1cc(/C=C/c2nc3ccccc3o2)cc(Br)c1O. The monoisotopic (exact) mass is 345 g/mol. The summed E-state index contributed by atoms with van der Waals surface area (Å²) in [6.07, 6.45) is 3.62. The Morgan fingerprint density at radius 1 is 1.24 bits per heavy atom. The lowest BCUT2D eigenvalue weighted by Crippen LogP contribution is -1.85.